The Hall–Kier alpha value is -4.60. The van der Waals surface area contributed by atoms with Gasteiger partial charge in [-0.05, 0) is 45.9 Å². The number of alkyl halides is 3. The van der Waals surface area contributed by atoms with Crippen molar-refractivity contribution >= 4 is 40.2 Å². The number of halogens is 3. The third-order valence-electron chi connectivity index (χ3n) is 5.45. The van der Waals surface area contributed by atoms with E-state index in [-0.39, 0.29) is 22.0 Å². The van der Waals surface area contributed by atoms with Gasteiger partial charge in [-0.1, -0.05) is 12.1 Å². The van der Waals surface area contributed by atoms with Crippen LogP contribution in [0.4, 0.5) is 23.0 Å². The Morgan fingerprint density at radius 1 is 1.05 bits per heavy atom. The number of nitrogens with one attached hydrogen (secondary N) is 3. The molecule has 12 nitrogen and oxygen atoms in total. The van der Waals surface area contributed by atoms with Crippen LogP contribution in [0.15, 0.2) is 41.8 Å². The van der Waals surface area contributed by atoms with Gasteiger partial charge in [0.05, 0.1) is 23.4 Å². The fourth-order valence-electron chi connectivity index (χ4n) is 3.50. The van der Waals surface area contributed by atoms with E-state index in [0.29, 0.717) is 6.07 Å². The zero-order chi connectivity index (χ0) is 31.4. The van der Waals surface area contributed by atoms with Crippen molar-refractivity contribution in [3.63, 3.8) is 0 Å². The van der Waals surface area contributed by atoms with Crippen LogP contribution in [0.3, 0.4) is 0 Å². The highest BCUT2D eigenvalue weighted by Gasteiger charge is 2.36. The summed E-state index contributed by atoms with van der Waals surface area (Å²) in [5.41, 5.74) is 1.68. The first-order chi connectivity index (χ1) is 19.5. The largest absolute Gasteiger partial charge is 0.496 e. The molecule has 0 fully saturated rings. The standard InChI is InChI=1S/C26H29F3N6O6S/c1-14(30-24(39)41-25(2,3)4)23(38)34(5)20-11-15(13-42-20)35-17(12-19(33-35)26(27,28)29)22(37)32-31-21(36)16-9-7-8-10-18(16)40-6/h7-14H,1-6H3,(H,30,39)(H,31,36)(H,32,37). The van der Waals surface area contributed by atoms with E-state index in [1.165, 1.54) is 49.6 Å². The van der Waals surface area contributed by atoms with Crippen molar-refractivity contribution in [2.75, 3.05) is 19.1 Å². The van der Waals surface area contributed by atoms with Crippen LogP contribution in [0.5, 0.6) is 5.75 Å². The van der Waals surface area contributed by atoms with Crippen molar-refractivity contribution < 1.29 is 41.8 Å². The second-order valence-corrected chi connectivity index (χ2v) is 10.7. The number of anilines is 1. The number of amides is 4. The van der Waals surface area contributed by atoms with Crippen LogP contribution < -0.4 is 25.8 Å². The number of ether oxygens (including phenoxy) is 2. The lowest BCUT2D eigenvalue weighted by Crippen LogP contribution is -2.47. The van der Waals surface area contributed by atoms with E-state index in [2.05, 4.69) is 21.3 Å². The van der Waals surface area contributed by atoms with E-state index in [1.54, 1.807) is 32.9 Å². The highest BCUT2D eigenvalue weighted by atomic mass is 32.1. The topological polar surface area (TPSA) is 144 Å². The number of nitrogens with zero attached hydrogens (tertiary/aromatic N) is 3. The first-order valence-corrected chi connectivity index (χ1v) is 13.2. The summed E-state index contributed by atoms with van der Waals surface area (Å²) in [6, 6.07) is 7.03. The zero-order valence-corrected chi connectivity index (χ0v) is 24.3. The average Bonchev–Trinajstić information content (AvgIpc) is 3.57. The molecule has 0 radical (unpaired) electrons. The minimum atomic E-state index is -4.88. The van der Waals surface area contributed by atoms with Gasteiger partial charge in [0.2, 0.25) is 5.91 Å². The number of carbonyl (C=O) groups excluding carboxylic acids is 4. The summed E-state index contributed by atoms with van der Waals surface area (Å²) in [6.45, 7) is 6.45. The highest BCUT2D eigenvalue weighted by Crippen LogP contribution is 2.32. The number of hydrogen-bond acceptors (Lipinski definition) is 8. The molecule has 0 aliphatic rings. The van der Waals surface area contributed by atoms with E-state index >= 15 is 0 Å². The Bertz CT molecular complexity index is 1480. The molecule has 0 bridgehead atoms. The Kier molecular flexibility index (Phi) is 9.50. The molecule has 226 valence electrons. The van der Waals surface area contributed by atoms with Gasteiger partial charge in [-0.2, -0.15) is 18.3 Å². The molecule has 0 aliphatic carbocycles. The number of alkyl carbamates (subject to hydrolysis) is 1. The van der Waals surface area contributed by atoms with E-state index in [0.717, 1.165) is 16.0 Å². The molecule has 4 amide bonds. The van der Waals surface area contributed by atoms with Crippen molar-refractivity contribution in [3.05, 3.63) is 58.7 Å². The summed E-state index contributed by atoms with van der Waals surface area (Å²) < 4.78 is 51.6. The monoisotopic (exact) mass is 610 g/mol. The average molecular weight is 611 g/mol. The van der Waals surface area contributed by atoms with E-state index in [4.69, 9.17) is 9.47 Å². The minimum absolute atomic E-state index is 0.0408. The molecule has 16 heteroatoms. The smallest absolute Gasteiger partial charge is 0.435 e. The van der Waals surface area contributed by atoms with Crippen LogP contribution in [0.2, 0.25) is 0 Å². The van der Waals surface area contributed by atoms with Gasteiger partial charge in [0.15, 0.2) is 5.69 Å². The third kappa shape index (κ3) is 7.78. The van der Waals surface area contributed by atoms with Gasteiger partial charge in [0.1, 0.15) is 23.1 Å². The Morgan fingerprint density at radius 3 is 2.31 bits per heavy atom. The predicted octanol–water partition coefficient (Wildman–Crippen LogP) is 3.91. The molecular weight excluding hydrogens is 581 g/mol. The van der Waals surface area contributed by atoms with Crippen molar-refractivity contribution in [2.45, 2.75) is 45.5 Å². The predicted molar refractivity (Wildman–Crippen MR) is 147 cm³/mol. The van der Waals surface area contributed by atoms with Gasteiger partial charge >= 0.3 is 12.3 Å². The molecule has 0 saturated carbocycles. The van der Waals surface area contributed by atoms with E-state index in [1.807, 2.05) is 0 Å². The van der Waals surface area contributed by atoms with Crippen LogP contribution in [0.25, 0.3) is 5.69 Å². The van der Waals surface area contributed by atoms with Gasteiger partial charge in [-0.25, -0.2) is 9.48 Å². The maximum Gasteiger partial charge on any atom is 0.435 e. The summed E-state index contributed by atoms with van der Waals surface area (Å²) in [7, 11) is 2.76. The summed E-state index contributed by atoms with van der Waals surface area (Å²) in [5, 5.41) is 7.64. The SMILES string of the molecule is COc1ccccc1C(=O)NNC(=O)c1cc(C(F)(F)F)nn1-c1csc(N(C)C(=O)C(C)NC(=O)OC(C)(C)C)c1. The second-order valence-electron chi connectivity index (χ2n) is 9.84. The number of benzene rings is 1. The number of likely N-dealkylation sites (N-methyl/N-ethyl adjacent to an activating group) is 1. The minimum Gasteiger partial charge on any atom is -0.496 e. The quantitative estimate of drug-likeness (QED) is 0.344. The van der Waals surface area contributed by atoms with Crippen molar-refractivity contribution in [1.82, 2.24) is 25.9 Å². The molecule has 3 aromatic rings. The molecule has 1 atom stereocenters. The molecule has 1 aromatic carbocycles. The third-order valence-corrected chi connectivity index (χ3v) is 6.45. The van der Waals surface area contributed by atoms with E-state index in [9.17, 15) is 32.3 Å². The van der Waals surface area contributed by atoms with Gasteiger partial charge < -0.3 is 19.7 Å². The number of thiophene rings is 1. The maximum atomic E-state index is 13.5. The number of methoxy groups -OCH3 is 1. The van der Waals surface area contributed by atoms with Gasteiger partial charge in [0, 0.05) is 18.5 Å². The summed E-state index contributed by atoms with van der Waals surface area (Å²) in [5.74, 6) is -2.18. The van der Waals surface area contributed by atoms with Crippen LogP contribution >= 0.6 is 11.3 Å². The molecule has 0 saturated heterocycles. The molecule has 1 unspecified atom stereocenters. The number of aromatic nitrogens is 2. The van der Waals surface area contributed by atoms with Crippen LogP contribution in [0, 0.1) is 0 Å². The summed E-state index contributed by atoms with van der Waals surface area (Å²) in [4.78, 5) is 51.6. The number of para-hydroxylation sites is 1. The Balaban J connectivity index is 1.81. The molecule has 3 N–H and O–H groups in total. The van der Waals surface area contributed by atoms with Crippen molar-refractivity contribution in [2.24, 2.45) is 0 Å². The van der Waals surface area contributed by atoms with Gasteiger partial charge in [0.25, 0.3) is 11.8 Å². The molecule has 0 aliphatic heterocycles. The van der Waals surface area contributed by atoms with Crippen molar-refractivity contribution in [1.29, 1.82) is 0 Å². The number of hydrazine groups is 1. The number of rotatable bonds is 7. The second kappa shape index (κ2) is 12.5. The molecule has 2 heterocycles. The maximum absolute atomic E-state index is 13.5. The normalized spacial score (nSPS) is 12.2. The summed E-state index contributed by atoms with van der Waals surface area (Å²) in [6.07, 6.45) is -5.68. The lowest BCUT2D eigenvalue weighted by Gasteiger charge is -2.24. The fraction of sp³-hybridized carbons (Fsp3) is 0.346. The Labute approximate surface area is 242 Å². The van der Waals surface area contributed by atoms with Crippen LogP contribution in [0.1, 0.15) is 54.2 Å². The lowest BCUT2D eigenvalue weighted by atomic mass is 10.2. The molecule has 0 spiro atoms. The first-order valence-electron chi connectivity index (χ1n) is 12.3. The fourth-order valence-corrected chi connectivity index (χ4v) is 4.35. The van der Waals surface area contributed by atoms with Gasteiger partial charge in [-0.3, -0.25) is 25.2 Å². The lowest BCUT2D eigenvalue weighted by molar-refractivity contribution is -0.141. The van der Waals surface area contributed by atoms with Gasteiger partial charge in [-0.15, -0.1) is 11.3 Å². The van der Waals surface area contributed by atoms with Crippen LogP contribution in [-0.4, -0.2) is 59.4 Å². The number of carbonyl (C=O) groups is 4. The van der Waals surface area contributed by atoms with Crippen LogP contribution in [-0.2, 0) is 15.7 Å². The van der Waals surface area contributed by atoms with E-state index < -0.39 is 53.0 Å². The molecule has 3 rings (SSSR count). The summed E-state index contributed by atoms with van der Waals surface area (Å²) >= 11 is 0.988. The zero-order valence-electron chi connectivity index (χ0n) is 23.5. The molecule has 2 aromatic heterocycles. The highest BCUT2D eigenvalue weighted by molar-refractivity contribution is 7.14. The van der Waals surface area contributed by atoms with Crippen molar-refractivity contribution in [3.8, 4) is 11.4 Å². The number of hydrogen-bond donors (Lipinski definition) is 3. The Morgan fingerprint density at radius 2 is 1.69 bits per heavy atom. The molecular formula is C26H29F3N6O6S. The molecule has 42 heavy (non-hydrogen) atoms. The first kappa shape index (κ1) is 31.9.